The lowest BCUT2D eigenvalue weighted by molar-refractivity contribution is 0.141. The first-order valence-electron chi connectivity index (χ1n) is 8.43. The molecule has 1 heterocycles. The minimum Gasteiger partial charge on any atom is -0.439 e. The van der Waals surface area contributed by atoms with Crippen LogP contribution < -0.4 is 5.32 Å². The molecule has 1 atom stereocenters. The number of cyclic esters (lactones) is 1. The molecule has 1 amide bonds. The summed E-state index contributed by atoms with van der Waals surface area (Å²) in [5.74, 6) is 6.22. The van der Waals surface area contributed by atoms with Crippen molar-refractivity contribution >= 4 is 6.09 Å². The van der Waals surface area contributed by atoms with Crippen molar-refractivity contribution in [2.45, 2.75) is 6.10 Å². The van der Waals surface area contributed by atoms with Crippen LogP contribution in [-0.4, -0.2) is 12.6 Å². The molecule has 3 aromatic rings. The maximum absolute atomic E-state index is 10.7. The number of hydrogen-bond donors (Lipinski definition) is 1. The Labute approximate surface area is 153 Å². The lowest BCUT2D eigenvalue weighted by Crippen LogP contribution is -2.12. The molecule has 1 N–H and O–H groups in total. The van der Waals surface area contributed by atoms with E-state index in [1.54, 1.807) is 0 Å². The molecule has 3 aromatic carbocycles. The van der Waals surface area contributed by atoms with Crippen LogP contribution in [0, 0.1) is 11.8 Å². The number of benzene rings is 3. The van der Waals surface area contributed by atoms with Crippen LogP contribution in [0.3, 0.4) is 0 Å². The molecule has 0 aliphatic carbocycles. The summed E-state index contributed by atoms with van der Waals surface area (Å²) in [7, 11) is 0. The van der Waals surface area contributed by atoms with Crippen LogP contribution in [0.2, 0.25) is 0 Å². The summed E-state index contributed by atoms with van der Waals surface area (Å²) < 4.78 is 5.00. The second-order valence-electron chi connectivity index (χ2n) is 5.67. The van der Waals surface area contributed by atoms with E-state index in [2.05, 4.69) is 17.2 Å². The Morgan fingerprint density at radius 2 is 1.19 bits per heavy atom. The highest BCUT2D eigenvalue weighted by Gasteiger charge is 2.23. The van der Waals surface area contributed by atoms with Crippen LogP contribution in [0.1, 0.15) is 22.8 Å². The van der Waals surface area contributed by atoms with Gasteiger partial charge in [-0.25, -0.2) is 4.79 Å². The first-order valence-corrected chi connectivity index (χ1v) is 8.43. The van der Waals surface area contributed by atoms with E-state index in [4.69, 9.17) is 4.74 Å². The molecule has 3 nitrogen and oxygen atoms in total. The van der Waals surface area contributed by atoms with Crippen LogP contribution in [0.4, 0.5) is 4.79 Å². The average Bonchev–Trinajstić information content (AvgIpc) is 3.16. The van der Waals surface area contributed by atoms with Gasteiger partial charge in [0.05, 0.1) is 6.54 Å². The van der Waals surface area contributed by atoms with Crippen LogP contribution in [0.15, 0.2) is 91.0 Å². The van der Waals surface area contributed by atoms with Crippen molar-refractivity contribution in [1.29, 1.82) is 0 Å². The standard InChI is InChI=1S/C14H10.C9H9NO2/c1-3-7-13(8-4-1)11-12-14-9-5-2-6-10-14;11-9-10-6-8(12-9)7-4-2-1-3-5-7/h1-10H;1-5,8H,6H2,(H,10,11)/t;8-/m.1/s1. The minimum atomic E-state index is -0.330. The van der Waals surface area contributed by atoms with E-state index in [1.165, 1.54) is 0 Å². The number of carbonyl (C=O) groups excluding carboxylic acids is 1. The highest BCUT2D eigenvalue weighted by molar-refractivity contribution is 5.69. The molecule has 1 saturated heterocycles. The zero-order valence-electron chi connectivity index (χ0n) is 14.3. The Hall–Kier alpha value is -3.51. The van der Waals surface area contributed by atoms with E-state index in [0.29, 0.717) is 6.54 Å². The summed E-state index contributed by atoms with van der Waals surface area (Å²) in [6.07, 6.45) is -0.442. The molecule has 26 heavy (non-hydrogen) atoms. The number of ether oxygens (including phenoxy) is 1. The van der Waals surface area contributed by atoms with Gasteiger partial charge in [-0.3, -0.25) is 0 Å². The second kappa shape index (κ2) is 9.10. The van der Waals surface area contributed by atoms with Crippen molar-refractivity contribution in [2.75, 3.05) is 6.54 Å². The van der Waals surface area contributed by atoms with Crippen molar-refractivity contribution in [1.82, 2.24) is 5.32 Å². The summed E-state index contributed by atoms with van der Waals surface area (Å²) in [6, 6.07) is 29.7. The number of hydrogen-bond acceptors (Lipinski definition) is 2. The molecule has 0 bridgehead atoms. The van der Waals surface area contributed by atoms with Crippen LogP contribution in [0.25, 0.3) is 0 Å². The molecule has 1 fully saturated rings. The zero-order valence-corrected chi connectivity index (χ0v) is 14.3. The van der Waals surface area contributed by atoms with Crippen molar-refractivity contribution in [3.63, 3.8) is 0 Å². The third-order valence-electron chi connectivity index (χ3n) is 3.75. The molecule has 4 rings (SSSR count). The predicted molar refractivity (Wildman–Crippen MR) is 103 cm³/mol. The Balaban J connectivity index is 0.000000152. The Bertz CT molecular complexity index is 838. The van der Waals surface area contributed by atoms with Crippen LogP contribution in [0.5, 0.6) is 0 Å². The van der Waals surface area contributed by atoms with E-state index >= 15 is 0 Å². The van der Waals surface area contributed by atoms with E-state index < -0.39 is 0 Å². The quantitative estimate of drug-likeness (QED) is 0.659. The molecular weight excluding hydrogens is 322 g/mol. The number of nitrogens with one attached hydrogen (secondary N) is 1. The number of carbonyl (C=O) groups is 1. The zero-order chi connectivity index (χ0) is 18.0. The van der Waals surface area contributed by atoms with E-state index in [9.17, 15) is 4.79 Å². The Morgan fingerprint density at radius 1 is 0.731 bits per heavy atom. The van der Waals surface area contributed by atoms with E-state index in [1.807, 2.05) is 91.0 Å². The van der Waals surface area contributed by atoms with Gasteiger partial charge in [-0.2, -0.15) is 0 Å². The van der Waals surface area contributed by atoms with Gasteiger partial charge in [0, 0.05) is 11.1 Å². The molecule has 1 aliphatic rings. The largest absolute Gasteiger partial charge is 0.439 e. The average molecular weight is 341 g/mol. The van der Waals surface area contributed by atoms with Gasteiger partial charge < -0.3 is 10.1 Å². The summed E-state index contributed by atoms with van der Waals surface area (Å²) in [6.45, 7) is 0.572. The fraction of sp³-hybridized carbons (Fsp3) is 0.0870. The molecule has 3 heteroatoms. The van der Waals surface area contributed by atoms with Gasteiger partial charge >= 0.3 is 6.09 Å². The molecule has 0 aromatic heterocycles. The number of amides is 1. The monoisotopic (exact) mass is 341 g/mol. The van der Waals surface area contributed by atoms with Crippen molar-refractivity contribution in [3.8, 4) is 11.8 Å². The highest BCUT2D eigenvalue weighted by Crippen LogP contribution is 2.19. The maximum atomic E-state index is 10.7. The first kappa shape index (κ1) is 17.3. The van der Waals surface area contributed by atoms with Gasteiger partial charge in [-0.15, -0.1) is 0 Å². The summed E-state index contributed by atoms with van der Waals surface area (Å²) in [5.41, 5.74) is 3.14. The molecular formula is C23H19NO2. The predicted octanol–water partition coefficient (Wildman–Crippen LogP) is 4.55. The topological polar surface area (TPSA) is 38.3 Å². The van der Waals surface area contributed by atoms with Gasteiger partial charge in [0.15, 0.2) is 0 Å². The minimum absolute atomic E-state index is 0.112. The van der Waals surface area contributed by atoms with Crippen molar-refractivity contribution in [2.24, 2.45) is 0 Å². The third kappa shape index (κ3) is 5.25. The molecule has 0 spiro atoms. The van der Waals surface area contributed by atoms with Gasteiger partial charge in [-0.1, -0.05) is 78.6 Å². The fourth-order valence-corrected chi connectivity index (χ4v) is 2.43. The highest BCUT2D eigenvalue weighted by atomic mass is 16.6. The van der Waals surface area contributed by atoms with Crippen molar-refractivity contribution in [3.05, 3.63) is 108 Å². The SMILES string of the molecule is C(#Cc1ccccc1)c1ccccc1.O=C1NC[C@H](c2ccccc2)O1. The maximum Gasteiger partial charge on any atom is 0.407 e. The van der Waals surface area contributed by atoms with Crippen LogP contribution >= 0.6 is 0 Å². The molecule has 128 valence electrons. The molecule has 0 radical (unpaired) electrons. The molecule has 0 unspecified atom stereocenters. The summed E-state index contributed by atoms with van der Waals surface area (Å²) >= 11 is 0. The van der Waals surface area contributed by atoms with Gasteiger partial charge in [-0.05, 0) is 29.8 Å². The lowest BCUT2D eigenvalue weighted by Gasteiger charge is -2.06. The van der Waals surface area contributed by atoms with Crippen molar-refractivity contribution < 1.29 is 9.53 Å². The normalized spacial score (nSPS) is 14.8. The summed E-state index contributed by atoms with van der Waals surface area (Å²) in [4.78, 5) is 10.7. The second-order valence-corrected chi connectivity index (χ2v) is 5.67. The van der Waals surface area contributed by atoms with Gasteiger partial charge in [0.1, 0.15) is 6.10 Å². The Morgan fingerprint density at radius 3 is 1.62 bits per heavy atom. The molecule has 0 saturated carbocycles. The van der Waals surface area contributed by atoms with E-state index in [0.717, 1.165) is 16.7 Å². The smallest absolute Gasteiger partial charge is 0.407 e. The number of rotatable bonds is 1. The van der Waals surface area contributed by atoms with Gasteiger partial charge in [0.25, 0.3) is 0 Å². The molecule has 1 aliphatic heterocycles. The van der Waals surface area contributed by atoms with Gasteiger partial charge in [0.2, 0.25) is 0 Å². The van der Waals surface area contributed by atoms with Crippen LogP contribution in [-0.2, 0) is 4.74 Å². The fourth-order valence-electron chi connectivity index (χ4n) is 2.43. The number of alkyl carbamates (subject to hydrolysis) is 1. The van der Waals surface area contributed by atoms with E-state index in [-0.39, 0.29) is 12.2 Å². The summed E-state index contributed by atoms with van der Waals surface area (Å²) in [5, 5.41) is 2.61. The Kier molecular flexibility index (Phi) is 6.06. The third-order valence-corrected chi connectivity index (χ3v) is 3.75. The lowest BCUT2D eigenvalue weighted by atomic mass is 10.1. The first-order chi connectivity index (χ1) is 12.8.